The van der Waals surface area contributed by atoms with Crippen LogP contribution in [0.4, 0.5) is 13.2 Å². The Morgan fingerprint density at radius 1 is 0.938 bits per heavy atom. The van der Waals surface area contributed by atoms with Crippen molar-refractivity contribution in [2.24, 2.45) is 0 Å². The van der Waals surface area contributed by atoms with Gasteiger partial charge in [-0.25, -0.2) is 14.4 Å². The fourth-order valence-electron chi connectivity index (χ4n) is 3.50. The minimum atomic E-state index is -2.91. The largest absolute Gasteiger partial charge is 0.467 e. The summed E-state index contributed by atoms with van der Waals surface area (Å²) in [5, 5.41) is 0. The second-order valence-electron chi connectivity index (χ2n) is 7.09. The molecular weight excluding hydrogens is 419 g/mol. The molecule has 0 spiro atoms. The maximum absolute atomic E-state index is 14.1. The molecule has 3 heterocycles. The molecule has 2 aromatic carbocycles. The van der Waals surface area contributed by atoms with E-state index in [4.69, 9.17) is 4.42 Å². The van der Waals surface area contributed by atoms with E-state index in [0.29, 0.717) is 46.2 Å². The monoisotopic (exact) mass is 435 g/mol. The van der Waals surface area contributed by atoms with Crippen molar-refractivity contribution in [1.82, 2.24) is 14.5 Å². The molecule has 2 aliphatic heterocycles. The standard InChI is InChI=1S/C24H16F3N3O2/c25-19-7-3-1-6-18(19)23-28-20-9-10-30(13-21(20)29-23)12-16-11-15(14-31-16)17-5-2-4-8-22(17)32-24(26)27/h1-11,13-14,24H,12H2. The van der Waals surface area contributed by atoms with Gasteiger partial charge in [0.15, 0.2) is 5.82 Å². The summed E-state index contributed by atoms with van der Waals surface area (Å²) in [5.74, 6) is 0.642. The molecule has 0 aliphatic carbocycles. The van der Waals surface area contributed by atoms with Gasteiger partial charge in [-0.05, 0) is 30.3 Å². The van der Waals surface area contributed by atoms with Crippen molar-refractivity contribution >= 4 is 0 Å². The van der Waals surface area contributed by atoms with E-state index in [2.05, 4.69) is 14.7 Å². The van der Waals surface area contributed by atoms with Crippen LogP contribution >= 0.6 is 0 Å². The Balaban J connectivity index is 1.40. The van der Waals surface area contributed by atoms with Crippen molar-refractivity contribution in [1.29, 1.82) is 0 Å². The number of hydrogen-bond acceptors (Lipinski definition) is 4. The van der Waals surface area contributed by atoms with E-state index in [-0.39, 0.29) is 11.6 Å². The zero-order chi connectivity index (χ0) is 22.1. The van der Waals surface area contributed by atoms with Crippen LogP contribution in [-0.4, -0.2) is 21.1 Å². The van der Waals surface area contributed by atoms with Gasteiger partial charge in [0.2, 0.25) is 0 Å². The Bertz CT molecular complexity index is 1350. The summed E-state index contributed by atoms with van der Waals surface area (Å²) in [6.07, 6.45) is 5.11. The third-order valence-corrected chi connectivity index (χ3v) is 4.95. The van der Waals surface area contributed by atoms with Crippen LogP contribution in [0.15, 0.2) is 83.7 Å². The van der Waals surface area contributed by atoms with Gasteiger partial charge in [-0.15, -0.1) is 0 Å². The number of benzene rings is 2. The molecule has 8 heteroatoms. The van der Waals surface area contributed by atoms with Crippen LogP contribution < -0.4 is 4.74 Å². The minimum absolute atomic E-state index is 0.0802. The molecule has 0 radical (unpaired) electrons. The van der Waals surface area contributed by atoms with Crippen molar-refractivity contribution in [2.45, 2.75) is 13.2 Å². The molecule has 160 valence electrons. The Labute approximate surface area is 181 Å². The zero-order valence-corrected chi connectivity index (χ0v) is 16.6. The number of para-hydroxylation sites is 1. The van der Waals surface area contributed by atoms with Gasteiger partial charge in [-0.3, -0.25) is 0 Å². The molecule has 5 nitrogen and oxygen atoms in total. The van der Waals surface area contributed by atoms with Gasteiger partial charge in [-0.1, -0.05) is 30.3 Å². The Hall–Kier alpha value is -4.07. The van der Waals surface area contributed by atoms with Gasteiger partial charge < -0.3 is 13.7 Å². The van der Waals surface area contributed by atoms with Crippen LogP contribution in [-0.2, 0) is 6.54 Å². The van der Waals surface area contributed by atoms with E-state index < -0.39 is 6.61 Å². The molecule has 0 N–H and O–H groups in total. The number of fused-ring (bicyclic) bond motifs is 1. The second-order valence-corrected chi connectivity index (χ2v) is 7.09. The SMILES string of the molecule is Fc1ccccc1-c1nc2ccn(Cc3cc(-c4ccccc4OC(F)F)co3)cc-2n1. The molecule has 0 saturated carbocycles. The first-order valence-electron chi connectivity index (χ1n) is 9.77. The maximum atomic E-state index is 14.1. The van der Waals surface area contributed by atoms with Crippen molar-refractivity contribution in [2.75, 3.05) is 0 Å². The summed E-state index contributed by atoms with van der Waals surface area (Å²) in [4.78, 5) is 8.85. The zero-order valence-electron chi connectivity index (χ0n) is 16.6. The fraction of sp³-hybridized carbons (Fsp3) is 0.0833. The molecule has 0 fully saturated rings. The van der Waals surface area contributed by atoms with Gasteiger partial charge >= 0.3 is 6.61 Å². The Kier molecular flexibility index (Phi) is 5.10. The number of halogens is 3. The van der Waals surface area contributed by atoms with Crippen molar-refractivity contribution in [3.05, 3.63) is 90.9 Å². The van der Waals surface area contributed by atoms with Crippen LogP contribution in [0.2, 0.25) is 0 Å². The van der Waals surface area contributed by atoms with Crippen molar-refractivity contribution < 1.29 is 22.3 Å². The predicted molar refractivity (Wildman–Crippen MR) is 112 cm³/mol. The Morgan fingerprint density at radius 2 is 1.69 bits per heavy atom. The summed E-state index contributed by atoms with van der Waals surface area (Å²) in [6, 6.07) is 16.5. The lowest BCUT2D eigenvalue weighted by Crippen LogP contribution is -2.02. The van der Waals surface area contributed by atoms with Gasteiger partial charge in [0.1, 0.15) is 23.0 Å². The predicted octanol–water partition coefficient (Wildman–Crippen LogP) is 6.10. The average molecular weight is 435 g/mol. The molecule has 32 heavy (non-hydrogen) atoms. The molecule has 5 rings (SSSR count). The van der Waals surface area contributed by atoms with Crippen molar-refractivity contribution in [3.8, 4) is 39.7 Å². The van der Waals surface area contributed by atoms with E-state index in [1.807, 2.05) is 10.8 Å². The average Bonchev–Trinajstić information content (AvgIpc) is 3.41. The third kappa shape index (κ3) is 3.94. The lowest BCUT2D eigenvalue weighted by atomic mass is 10.1. The number of hydrogen-bond donors (Lipinski definition) is 0. The van der Waals surface area contributed by atoms with E-state index >= 15 is 0 Å². The quantitative estimate of drug-likeness (QED) is 0.323. The highest BCUT2D eigenvalue weighted by Crippen LogP contribution is 2.32. The van der Waals surface area contributed by atoms with Gasteiger partial charge in [-0.2, -0.15) is 8.78 Å². The van der Waals surface area contributed by atoms with Gasteiger partial charge in [0.25, 0.3) is 0 Å². The normalized spacial score (nSPS) is 11.4. The molecule has 0 saturated heterocycles. The molecule has 1 aromatic heterocycles. The van der Waals surface area contributed by atoms with E-state index in [0.717, 1.165) is 0 Å². The topological polar surface area (TPSA) is 53.1 Å². The minimum Gasteiger partial charge on any atom is -0.467 e. The molecule has 0 atom stereocenters. The number of imidazole rings is 1. The summed E-state index contributed by atoms with van der Waals surface area (Å²) in [5.41, 5.74) is 2.76. The number of ether oxygens (including phenoxy) is 1. The fourth-order valence-corrected chi connectivity index (χ4v) is 3.50. The van der Waals surface area contributed by atoms with Crippen LogP contribution in [0.25, 0.3) is 33.9 Å². The first kappa shape index (κ1) is 19.9. The molecule has 2 aliphatic rings. The molecule has 0 bridgehead atoms. The first-order valence-corrected chi connectivity index (χ1v) is 9.77. The summed E-state index contributed by atoms with van der Waals surface area (Å²) in [6.45, 7) is -2.53. The highest BCUT2D eigenvalue weighted by molar-refractivity contribution is 5.70. The summed E-state index contributed by atoms with van der Waals surface area (Å²) >= 11 is 0. The summed E-state index contributed by atoms with van der Waals surface area (Å²) < 4.78 is 51.5. The van der Waals surface area contributed by atoms with Crippen LogP contribution in [0.5, 0.6) is 5.75 Å². The number of rotatable bonds is 6. The molecule has 3 aromatic rings. The maximum Gasteiger partial charge on any atom is 0.387 e. The lowest BCUT2D eigenvalue weighted by molar-refractivity contribution is -0.0494. The van der Waals surface area contributed by atoms with Gasteiger partial charge in [0.05, 0.1) is 24.1 Å². The number of pyridine rings is 1. The highest BCUT2D eigenvalue weighted by atomic mass is 19.3. The number of nitrogens with zero attached hydrogens (tertiary/aromatic N) is 3. The summed E-state index contributed by atoms with van der Waals surface area (Å²) in [7, 11) is 0. The third-order valence-electron chi connectivity index (χ3n) is 4.95. The lowest BCUT2D eigenvalue weighted by Gasteiger charge is -2.08. The molecule has 0 amide bonds. The van der Waals surface area contributed by atoms with E-state index in [1.165, 1.54) is 18.4 Å². The Morgan fingerprint density at radius 3 is 2.50 bits per heavy atom. The van der Waals surface area contributed by atoms with Crippen LogP contribution in [0, 0.1) is 5.82 Å². The molecular formula is C24H16F3N3O2. The highest BCUT2D eigenvalue weighted by Gasteiger charge is 2.16. The van der Waals surface area contributed by atoms with E-state index in [9.17, 15) is 13.2 Å². The first-order chi connectivity index (χ1) is 15.6. The number of aromatic nitrogens is 3. The van der Waals surface area contributed by atoms with Gasteiger partial charge in [0, 0.05) is 23.5 Å². The van der Waals surface area contributed by atoms with E-state index in [1.54, 1.807) is 54.7 Å². The van der Waals surface area contributed by atoms with Crippen LogP contribution in [0.3, 0.4) is 0 Å². The van der Waals surface area contributed by atoms with Crippen LogP contribution in [0.1, 0.15) is 5.76 Å². The second kappa shape index (κ2) is 8.22. The number of alkyl halides is 2. The van der Waals surface area contributed by atoms with Crippen molar-refractivity contribution in [3.63, 3.8) is 0 Å². The number of furan rings is 1. The smallest absolute Gasteiger partial charge is 0.387 e. The molecule has 0 unspecified atom stereocenters.